The van der Waals surface area contributed by atoms with Crippen LogP contribution in [-0.4, -0.2) is 29.4 Å². The number of rotatable bonds is 4. The molecule has 0 aliphatic rings. The molecule has 0 fully saturated rings. The van der Waals surface area contributed by atoms with Crippen molar-refractivity contribution in [2.24, 2.45) is 0 Å². The Labute approximate surface area is 102 Å². The molecule has 0 heterocycles. The van der Waals surface area contributed by atoms with Gasteiger partial charge < -0.3 is 15.1 Å². The molecule has 0 aliphatic heterocycles. The van der Waals surface area contributed by atoms with E-state index in [1.807, 2.05) is 25.8 Å². The van der Waals surface area contributed by atoms with Crippen molar-refractivity contribution < 1.29 is 10.2 Å². The predicted octanol–water partition coefficient (Wildman–Crippen LogP) is 1.26. The van der Waals surface area contributed by atoms with Crippen molar-refractivity contribution in [3.8, 4) is 6.07 Å². The Balaban J connectivity index is 3.19. The Morgan fingerprint density at radius 3 is 2.47 bits per heavy atom. The molecule has 0 radical (unpaired) electrons. The van der Waals surface area contributed by atoms with Gasteiger partial charge in [-0.05, 0) is 31.5 Å². The number of likely N-dealkylation sites (N-methyl/N-ethyl adjacent to an activating group) is 1. The monoisotopic (exact) mass is 234 g/mol. The van der Waals surface area contributed by atoms with E-state index in [-0.39, 0.29) is 13.2 Å². The Morgan fingerprint density at radius 1 is 1.35 bits per heavy atom. The Hall–Kier alpha value is -1.57. The van der Waals surface area contributed by atoms with Crippen LogP contribution in [0.15, 0.2) is 18.2 Å². The molecule has 0 saturated heterocycles. The molecule has 17 heavy (non-hydrogen) atoms. The molecule has 4 nitrogen and oxygen atoms in total. The molecule has 0 unspecified atom stereocenters. The summed E-state index contributed by atoms with van der Waals surface area (Å²) in [5.74, 6) is 0. The second-order valence-corrected chi connectivity index (χ2v) is 4.65. The predicted molar refractivity (Wildman–Crippen MR) is 66.6 cm³/mol. The van der Waals surface area contributed by atoms with Gasteiger partial charge in [-0.25, -0.2) is 0 Å². The van der Waals surface area contributed by atoms with Gasteiger partial charge in [0.2, 0.25) is 0 Å². The molecular formula is C13H18N2O2. The van der Waals surface area contributed by atoms with Crippen LogP contribution in [0.25, 0.3) is 0 Å². The standard InChI is InChI=1S/C13H18N2O2/c1-13(2,9-17)15(3)12-5-4-10(8-16)6-11(12)7-14/h4-6,16-17H,8-9H2,1-3H3. The van der Waals surface area contributed by atoms with E-state index < -0.39 is 5.54 Å². The fourth-order valence-electron chi connectivity index (χ4n) is 1.50. The van der Waals surface area contributed by atoms with Crippen molar-refractivity contribution in [1.29, 1.82) is 5.26 Å². The molecule has 1 rings (SSSR count). The first kappa shape index (κ1) is 13.5. The molecule has 0 saturated carbocycles. The Morgan fingerprint density at radius 2 is 2.00 bits per heavy atom. The first-order chi connectivity index (χ1) is 7.96. The highest BCUT2D eigenvalue weighted by Crippen LogP contribution is 2.26. The molecule has 0 aliphatic carbocycles. The van der Waals surface area contributed by atoms with Crippen molar-refractivity contribution in [3.63, 3.8) is 0 Å². The molecule has 0 bridgehead atoms. The molecule has 1 aromatic carbocycles. The summed E-state index contributed by atoms with van der Waals surface area (Å²) < 4.78 is 0. The summed E-state index contributed by atoms with van der Waals surface area (Å²) in [7, 11) is 1.84. The van der Waals surface area contributed by atoms with Gasteiger partial charge in [-0.1, -0.05) is 6.07 Å². The zero-order valence-electron chi connectivity index (χ0n) is 10.4. The number of hydrogen-bond donors (Lipinski definition) is 2. The smallest absolute Gasteiger partial charge is 0.101 e. The van der Waals surface area contributed by atoms with Crippen LogP contribution >= 0.6 is 0 Å². The molecule has 0 aromatic heterocycles. The summed E-state index contributed by atoms with van der Waals surface area (Å²) in [6.45, 7) is 3.71. The van der Waals surface area contributed by atoms with Gasteiger partial charge >= 0.3 is 0 Å². The van der Waals surface area contributed by atoms with Crippen LogP contribution < -0.4 is 4.90 Å². The molecule has 0 atom stereocenters. The quantitative estimate of drug-likeness (QED) is 0.823. The van der Waals surface area contributed by atoms with Crippen molar-refractivity contribution in [3.05, 3.63) is 29.3 Å². The van der Waals surface area contributed by atoms with Crippen LogP contribution in [-0.2, 0) is 6.61 Å². The lowest BCUT2D eigenvalue weighted by Gasteiger charge is -2.36. The van der Waals surface area contributed by atoms with E-state index in [0.29, 0.717) is 11.1 Å². The number of hydrogen-bond acceptors (Lipinski definition) is 4. The number of aliphatic hydroxyl groups excluding tert-OH is 2. The fraction of sp³-hybridized carbons (Fsp3) is 0.462. The number of anilines is 1. The van der Waals surface area contributed by atoms with Gasteiger partial charge in [0.1, 0.15) is 6.07 Å². The normalized spacial score (nSPS) is 11.1. The summed E-state index contributed by atoms with van der Waals surface area (Å²) >= 11 is 0. The van der Waals surface area contributed by atoms with E-state index in [4.69, 9.17) is 10.4 Å². The lowest BCUT2D eigenvalue weighted by atomic mass is 10.0. The highest BCUT2D eigenvalue weighted by molar-refractivity contribution is 5.61. The largest absolute Gasteiger partial charge is 0.394 e. The van der Waals surface area contributed by atoms with Crippen LogP contribution in [0.4, 0.5) is 5.69 Å². The zero-order valence-corrected chi connectivity index (χ0v) is 10.4. The number of benzene rings is 1. The van der Waals surface area contributed by atoms with E-state index >= 15 is 0 Å². The second-order valence-electron chi connectivity index (χ2n) is 4.65. The van der Waals surface area contributed by atoms with Crippen LogP contribution in [0, 0.1) is 11.3 Å². The zero-order chi connectivity index (χ0) is 13.1. The van der Waals surface area contributed by atoms with Crippen molar-refractivity contribution in [2.45, 2.75) is 26.0 Å². The minimum Gasteiger partial charge on any atom is -0.394 e. The maximum Gasteiger partial charge on any atom is 0.101 e. The third kappa shape index (κ3) is 2.76. The lowest BCUT2D eigenvalue weighted by molar-refractivity contribution is 0.216. The summed E-state index contributed by atoms with van der Waals surface area (Å²) in [6.07, 6.45) is 0. The highest BCUT2D eigenvalue weighted by Gasteiger charge is 2.24. The number of nitrogens with zero attached hydrogens (tertiary/aromatic N) is 2. The SMILES string of the molecule is CN(c1ccc(CO)cc1C#N)C(C)(C)CO. The molecule has 0 spiro atoms. The van der Waals surface area contributed by atoms with E-state index in [2.05, 4.69) is 6.07 Å². The van der Waals surface area contributed by atoms with Crippen LogP contribution in [0.1, 0.15) is 25.0 Å². The third-order valence-electron chi connectivity index (χ3n) is 3.02. The van der Waals surface area contributed by atoms with Gasteiger partial charge in [0.05, 0.1) is 30.0 Å². The minimum absolute atomic E-state index is 0.00385. The van der Waals surface area contributed by atoms with Gasteiger partial charge in [0.25, 0.3) is 0 Å². The van der Waals surface area contributed by atoms with Crippen molar-refractivity contribution in [2.75, 3.05) is 18.6 Å². The molecule has 1 aromatic rings. The molecule has 92 valence electrons. The Kier molecular flexibility index (Phi) is 4.11. The van der Waals surface area contributed by atoms with Gasteiger partial charge in [-0.3, -0.25) is 0 Å². The van der Waals surface area contributed by atoms with Crippen LogP contribution in [0.2, 0.25) is 0 Å². The first-order valence-corrected chi connectivity index (χ1v) is 5.45. The maximum atomic E-state index is 9.33. The Bertz CT molecular complexity index is 436. The summed E-state index contributed by atoms with van der Waals surface area (Å²) in [4.78, 5) is 1.87. The first-order valence-electron chi connectivity index (χ1n) is 5.45. The maximum absolute atomic E-state index is 9.33. The number of aliphatic hydroxyl groups is 2. The van der Waals surface area contributed by atoms with E-state index in [0.717, 1.165) is 5.69 Å². The van der Waals surface area contributed by atoms with Gasteiger partial charge in [-0.2, -0.15) is 5.26 Å². The average molecular weight is 234 g/mol. The minimum atomic E-state index is -0.438. The summed E-state index contributed by atoms with van der Waals surface area (Å²) in [5, 5.41) is 27.5. The topological polar surface area (TPSA) is 67.5 Å². The second kappa shape index (κ2) is 5.17. The van der Waals surface area contributed by atoms with Crippen LogP contribution in [0.5, 0.6) is 0 Å². The van der Waals surface area contributed by atoms with Gasteiger partial charge in [-0.15, -0.1) is 0 Å². The summed E-state index contributed by atoms with van der Waals surface area (Å²) in [6, 6.07) is 7.35. The van der Waals surface area contributed by atoms with E-state index in [9.17, 15) is 5.11 Å². The highest BCUT2D eigenvalue weighted by atomic mass is 16.3. The third-order valence-corrected chi connectivity index (χ3v) is 3.02. The molecule has 4 heteroatoms. The van der Waals surface area contributed by atoms with Gasteiger partial charge in [0.15, 0.2) is 0 Å². The van der Waals surface area contributed by atoms with E-state index in [1.54, 1.807) is 18.2 Å². The van der Waals surface area contributed by atoms with Crippen molar-refractivity contribution in [1.82, 2.24) is 0 Å². The molecule has 2 N–H and O–H groups in total. The average Bonchev–Trinajstić information content (AvgIpc) is 2.36. The lowest BCUT2D eigenvalue weighted by Crippen LogP contribution is -2.44. The van der Waals surface area contributed by atoms with E-state index in [1.165, 1.54) is 0 Å². The summed E-state index contributed by atoms with van der Waals surface area (Å²) in [5.41, 5.74) is 1.52. The van der Waals surface area contributed by atoms with Crippen molar-refractivity contribution >= 4 is 5.69 Å². The molecule has 0 amide bonds. The molecular weight excluding hydrogens is 216 g/mol. The van der Waals surface area contributed by atoms with Gasteiger partial charge in [0, 0.05) is 7.05 Å². The fourth-order valence-corrected chi connectivity index (χ4v) is 1.50. The number of nitriles is 1. The van der Waals surface area contributed by atoms with Crippen LogP contribution in [0.3, 0.4) is 0 Å².